The van der Waals surface area contributed by atoms with Gasteiger partial charge in [0.25, 0.3) is 5.91 Å². The summed E-state index contributed by atoms with van der Waals surface area (Å²) in [7, 11) is 0. The highest BCUT2D eigenvalue weighted by Crippen LogP contribution is 2.26. The normalized spacial score (nSPS) is 12.7. The van der Waals surface area contributed by atoms with Crippen molar-refractivity contribution in [2.45, 2.75) is 53.4 Å². The minimum absolute atomic E-state index is 0.0434. The summed E-state index contributed by atoms with van der Waals surface area (Å²) in [5.41, 5.74) is 9.49. The lowest BCUT2D eigenvalue weighted by molar-refractivity contribution is -0.114. The summed E-state index contributed by atoms with van der Waals surface area (Å²) in [4.78, 5) is 13.7. The van der Waals surface area contributed by atoms with E-state index >= 15 is 0 Å². The third-order valence-electron chi connectivity index (χ3n) is 5.52. The molecular weight excluding hydrogens is 394 g/mol. The smallest absolute Gasteiger partial charge is 0.259 e. The first-order chi connectivity index (χ1) is 15.4. The molecule has 0 aromatic heterocycles. The lowest BCUT2D eigenvalue weighted by atomic mass is 10.0. The maximum Gasteiger partial charge on any atom is 0.259 e. The van der Waals surface area contributed by atoms with Gasteiger partial charge in [-0.15, -0.1) is 0 Å². The molecule has 2 N–H and O–H groups in total. The van der Waals surface area contributed by atoms with Gasteiger partial charge in [-0.2, -0.15) is 5.26 Å². The van der Waals surface area contributed by atoms with E-state index in [1.165, 1.54) is 41.8 Å². The minimum Gasteiger partial charge on any atom is -0.372 e. The number of hydrogen-bond acceptors (Lipinski definition) is 3. The average molecular weight is 430 g/mol. The summed E-state index contributed by atoms with van der Waals surface area (Å²) in [5.74, 6) is -0.710. The quantitative estimate of drug-likeness (QED) is 0.191. The zero-order chi connectivity index (χ0) is 23.5. The highest BCUT2D eigenvalue weighted by molar-refractivity contribution is 5.96. The largest absolute Gasteiger partial charge is 0.372 e. The molecule has 0 fully saturated rings. The molecule has 4 nitrogen and oxygen atoms in total. The first-order valence-corrected chi connectivity index (χ1v) is 11.5. The first kappa shape index (κ1) is 24.9. The van der Waals surface area contributed by atoms with Gasteiger partial charge in [-0.3, -0.25) is 4.79 Å². The second-order valence-electron chi connectivity index (χ2n) is 8.23. The second kappa shape index (κ2) is 12.5. The molecule has 0 unspecified atom stereocenters. The number of nitriles is 1. The third kappa shape index (κ3) is 7.13. The van der Waals surface area contributed by atoms with Gasteiger partial charge in [0.2, 0.25) is 0 Å². The number of primary amides is 1. The van der Waals surface area contributed by atoms with E-state index in [-0.39, 0.29) is 5.57 Å². The van der Waals surface area contributed by atoms with Crippen LogP contribution in [0.25, 0.3) is 16.3 Å². The average Bonchev–Trinajstić information content (AvgIpc) is 2.79. The Morgan fingerprint density at radius 3 is 2.38 bits per heavy atom. The van der Waals surface area contributed by atoms with Crippen molar-refractivity contribution in [2.24, 2.45) is 5.73 Å². The van der Waals surface area contributed by atoms with Gasteiger partial charge in [-0.1, -0.05) is 57.0 Å². The van der Waals surface area contributed by atoms with Crippen molar-refractivity contribution in [3.63, 3.8) is 0 Å². The van der Waals surface area contributed by atoms with Crippen molar-refractivity contribution in [1.29, 1.82) is 5.26 Å². The Hall–Kier alpha value is -3.32. The van der Waals surface area contributed by atoms with Gasteiger partial charge in [-0.25, -0.2) is 0 Å². The number of allylic oxidation sites excluding steroid dienone is 5. The van der Waals surface area contributed by atoms with Gasteiger partial charge in [0, 0.05) is 18.8 Å². The number of carbonyl (C=O) groups is 1. The Labute approximate surface area is 192 Å². The predicted octanol–water partition coefficient (Wildman–Crippen LogP) is 6.53. The highest BCUT2D eigenvalue weighted by atomic mass is 16.1. The molecule has 4 heteroatoms. The number of hydrogen-bond donors (Lipinski definition) is 1. The van der Waals surface area contributed by atoms with E-state index in [9.17, 15) is 4.79 Å². The lowest BCUT2D eigenvalue weighted by Gasteiger charge is -2.25. The molecule has 0 aliphatic rings. The Balaban J connectivity index is 2.25. The molecule has 0 saturated heterocycles. The molecule has 2 aromatic rings. The van der Waals surface area contributed by atoms with Crippen LogP contribution >= 0.6 is 0 Å². The molecule has 0 radical (unpaired) electrons. The van der Waals surface area contributed by atoms with Crippen LogP contribution in [0.2, 0.25) is 0 Å². The van der Waals surface area contributed by atoms with Crippen LogP contribution in [0, 0.1) is 11.3 Å². The van der Waals surface area contributed by atoms with Crippen molar-refractivity contribution in [1.82, 2.24) is 0 Å². The Kier molecular flexibility index (Phi) is 9.76. The van der Waals surface area contributed by atoms with E-state index in [4.69, 9.17) is 11.0 Å². The zero-order valence-corrected chi connectivity index (χ0v) is 19.8. The maximum absolute atomic E-state index is 11.2. The van der Waals surface area contributed by atoms with Crippen molar-refractivity contribution in [3.8, 4) is 6.07 Å². The summed E-state index contributed by atoms with van der Waals surface area (Å²) < 4.78 is 0. The Morgan fingerprint density at radius 2 is 1.72 bits per heavy atom. The number of rotatable bonds is 11. The predicted molar refractivity (Wildman–Crippen MR) is 136 cm³/mol. The highest BCUT2D eigenvalue weighted by Gasteiger charge is 2.07. The molecule has 2 aromatic carbocycles. The maximum atomic E-state index is 11.2. The molecule has 0 atom stereocenters. The van der Waals surface area contributed by atoms with Crippen LogP contribution in [-0.2, 0) is 4.79 Å². The van der Waals surface area contributed by atoms with Crippen molar-refractivity contribution < 1.29 is 4.79 Å². The van der Waals surface area contributed by atoms with Crippen LogP contribution in [0.5, 0.6) is 0 Å². The van der Waals surface area contributed by atoms with Crippen molar-refractivity contribution in [3.05, 3.63) is 71.3 Å². The molecule has 1 amide bonds. The monoisotopic (exact) mass is 429 g/mol. The van der Waals surface area contributed by atoms with Crippen LogP contribution in [0.1, 0.15) is 58.9 Å². The van der Waals surface area contributed by atoms with E-state index in [1.54, 1.807) is 0 Å². The van der Waals surface area contributed by atoms with E-state index in [2.05, 4.69) is 62.1 Å². The molecule has 32 heavy (non-hydrogen) atoms. The summed E-state index contributed by atoms with van der Waals surface area (Å²) in [5, 5.41) is 11.4. The summed E-state index contributed by atoms with van der Waals surface area (Å²) >= 11 is 0. The van der Waals surface area contributed by atoms with Crippen LogP contribution in [0.15, 0.2) is 65.8 Å². The van der Waals surface area contributed by atoms with E-state index in [0.29, 0.717) is 0 Å². The number of carbonyl (C=O) groups excluding carboxylic acids is 1. The SMILES string of the molecule is CCCCCN(CCC)c1ccc2cc(/C(C)=C/C=C(C)/C=C(\C#N)C(N)=O)ccc2c1. The van der Waals surface area contributed by atoms with Gasteiger partial charge in [0.15, 0.2) is 0 Å². The fourth-order valence-electron chi connectivity index (χ4n) is 3.65. The molecule has 2 rings (SSSR count). The number of anilines is 1. The standard InChI is InChI=1S/C28H35N3O/c1-5-7-8-16-31(15-6-2)27-14-13-24-18-23(11-12-25(24)19-27)22(4)10-9-21(3)17-26(20-29)28(30)32/h9-14,17-19H,5-8,15-16H2,1-4H3,(H2,30,32)/b21-9+,22-10+,26-17+. The van der Waals surface area contributed by atoms with Crippen LogP contribution in [0.3, 0.4) is 0 Å². The van der Waals surface area contributed by atoms with Crippen molar-refractivity contribution >= 4 is 27.9 Å². The van der Waals surface area contributed by atoms with E-state index < -0.39 is 5.91 Å². The number of benzene rings is 2. The first-order valence-electron chi connectivity index (χ1n) is 11.5. The number of nitrogens with zero attached hydrogens (tertiary/aromatic N) is 2. The van der Waals surface area contributed by atoms with Crippen LogP contribution in [-0.4, -0.2) is 19.0 Å². The Bertz CT molecular complexity index is 1070. The molecule has 0 aliphatic heterocycles. The zero-order valence-electron chi connectivity index (χ0n) is 19.8. The molecule has 0 spiro atoms. The van der Waals surface area contributed by atoms with Crippen LogP contribution in [0.4, 0.5) is 5.69 Å². The van der Waals surface area contributed by atoms with Gasteiger partial charge in [-0.05, 0) is 78.4 Å². The van der Waals surface area contributed by atoms with Crippen molar-refractivity contribution in [2.75, 3.05) is 18.0 Å². The molecule has 0 bridgehead atoms. The fraction of sp³-hybridized carbons (Fsp3) is 0.357. The third-order valence-corrected chi connectivity index (χ3v) is 5.52. The van der Waals surface area contributed by atoms with Gasteiger partial charge in [0.1, 0.15) is 11.6 Å². The molecule has 168 valence electrons. The van der Waals surface area contributed by atoms with Gasteiger partial charge in [0.05, 0.1) is 0 Å². The number of nitrogens with two attached hydrogens (primary N) is 1. The van der Waals surface area contributed by atoms with Gasteiger partial charge >= 0.3 is 0 Å². The van der Waals surface area contributed by atoms with Gasteiger partial charge < -0.3 is 10.6 Å². The number of fused-ring (bicyclic) bond motifs is 1. The number of amides is 1. The molecule has 0 saturated carbocycles. The van der Waals surface area contributed by atoms with Crippen LogP contribution < -0.4 is 10.6 Å². The topological polar surface area (TPSA) is 70.1 Å². The number of unbranched alkanes of at least 4 members (excludes halogenated alkanes) is 2. The van der Waals surface area contributed by atoms with E-state index in [0.717, 1.165) is 36.2 Å². The fourth-order valence-corrected chi connectivity index (χ4v) is 3.65. The molecular formula is C28H35N3O. The second-order valence-corrected chi connectivity index (χ2v) is 8.23. The Morgan fingerprint density at radius 1 is 1.00 bits per heavy atom. The van der Waals surface area contributed by atoms with E-state index in [1.807, 2.05) is 25.1 Å². The summed E-state index contributed by atoms with van der Waals surface area (Å²) in [6.45, 7) is 10.6. The lowest BCUT2D eigenvalue weighted by Crippen LogP contribution is -2.25. The minimum atomic E-state index is -0.710. The molecule has 0 aliphatic carbocycles. The summed E-state index contributed by atoms with van der Waals surface area (Å²) in [6, 6.07) is 15.1. The molecule has 0 heterocycles. The summed E-state index contributed by atoms with van der Waals surface area (Å²) in [6.07, 6.45) is 10.3.